The van der Waals surface area contributed by atoms with Crippen molar-refractivity contribution in [1.82, 2.24) is 19.9 Å². The first-order chi connectivity index (χ1) is 17.1. The van der Waals surface area contributed by atoms with Crippen molar-refractivity contribution < 1.29 is 22.1 Å². The maximum atomic E-state index is 13.1. The molecular formula is C26H28N4O5S. The molecule has 0 unspecified atom stereocenters. The smallest absolute Gasteiger partial charge is 0.410 e. The molecule has 3 heterocycles. The maximum Gasteiger partial charge on any atom is 0.410 e. The molecule has 1 saturated heterocycles. The number of carbonyl (C=O) groups excluding carboxylic acids is 1. The number of nitrogens with one attached hydrogen (secondary N) is 1. The Hall–Kier alpha value is -3.66. The Morgan fingerprint density at radius 3 is 2.64 bits per heavy atom. The van der Waals surface area contributed by atoms with E-state index in [1.807, 2.05) is 20.8 Å². The SMILES string of the molecule is CC(C)(C)OC(=O)N1CCC(c2nc3ccc(OS(=O)(=O)c4cccc5cnccc45)cc3[nH]2)CC1. The monoisotopic (exact) mass is 508 g/mol. The second kappa shape index (κ2) is 9.09. The summed E-state index contributed by atoms with van der Waals surface area (Å²) < 4.78 is 37.1. The van der Waals surface area contributed by atoms with Gasteiger partial charge in [-0.1, -0.05) is 12.1 Å². The van der Waals surface area contributed by atoms with E-state index in [0.717, 1.165) is 24.2 Å². The predicted octanol–water partition coefficient (Wildman–Crippen LogP) is 4.99. The number of rotatable bonds is 4. The number of piperidine rings is 1. The van der Waals surface area contributed by atoms with Crippen molar-refractivity contribution in [1.29, 1.82) is 0 Å². The molecule has 0 radical (unpaired) electrons. The number of H-pyrrole nitrogens is 1. The minimum Gasteiger partial charge on any atom is -0.444 e. The molecule has 2 aromatic carbocycles. The van der Waals surface area contributed by atoms with Crippen molar-refractivity contribution in [3.63, 3.8) is 0 Å². The van der Waals surface area contributed by atoms with Crippen LogP contribution in [-0.2, 0) is 14.9 Å². The summed E-state index contributed by atoms with van der Waals surface area (Å²) in [5.41, 5.74) is 0.889. The van der Waals surface area contributed by atoms with Crippen LogP contribution in [0.15, 0.2) is 59.8 Å². The maximum absolute atomic E-state index is 13.1. The first-order valence-corrected chi connectivity index (χ1v) is 13.2. The Morgan fingerprint density at radius 1 is 1.11 bits per heavy atom. The number of benzene rings is 2. The molecule has 5 rings (SSSR count). The molecule has 2 aromatic heterocycles. The van der Waals surface area contributed by atoms with E-state index in [9.17, 15) is 13.2 Å². The first-order valence-electron chi connectivity index (χ1n) is 11.8. The van der Waals surface area contributed by atoms with Gasteiger partial charge in [0, 0.05) is 48.2 Å². The molecule has 1 fully saturated rings. The van der Waals surface area contributed by atoms with Gasteiger partial charge < -0.3 is 18.8 Å². The first kappa shape index (κ1) is 24.1. The minimum atomic E-state index is -4.06. The van der Waals surface area contributed by atoms with Crippen LogP contribution in [0.5, 0.6) is 5.75 Å². The van der Waals surface area contributed by atoms with Crippen LogP contribution in [0.25, 0.3) is 21.8 Å². The van der Waals surface area contributed by atoms with Crippen LogP contribution in [0, 0.1) is 0 Å². The van der Waals surface area contributed by atoms with Crippen molar-refractivity contribution >= 4 is 38.0 Å². The molecule has 0 spiro atoms. The minimum absolute atomic E-state index is 0.0875. The number of fused-ring (bicyclic) bond motifs is 2. The Balaban J connectivity index is 1.31. The van der Waals surface area contributed by atoms with Crippen LogP contribution < -0.4 is 4.18 Å². The summed E-state index contributed by atoms with van der Waals surface area (Å²) in [6, 6.07) is 11.6. The molecule has 0 saturated carbocycles. The molecular weight excluding hydrogens is 480 g/mol. The lowest BCUT2D eigenvalue weighted by Crippen LogP contribution is -2.41. The average molecular weight is 509 g/mol. The Morgan fingerprint density at radius 2 is 1.89 bits per heavy atom. The van der Waals surface area contributed by atoms with Gasteiger partial charge in [-0.15, -0.1) is 0 Å². The van der Waals surface area contributed by atoms with Gasteiger partial charge in [0.05, 0.1) is 11.0 Å². The summed E-state index contributed by atoms with van der Waals surface area (Å²) in [5, 5.41) is 1.27. The highest BCUT2D eigenvalue weighted by molar-refractivity contribution is 7.87. The number of hydrogen-bond donors (Lipinski definition) is 1. The van der Waals surface area contributed by atoms with E-state index in [2.05, 4.69) is 9.97 Å². The van der Waals surface area contributed by atoms with E-state index in [1.54, 1.807) is 53.7 Å². The van der Waals surface area contributed by atoms with Crippen LogP contribution in [0.2, 0.25) is 0 Å². The molecule has 0 atom stereocenters. The number of likely N-dealkylation sites (tertiary alicyclic amines) is 1. The fourth-order valence-electron chi connectivity index (χ4n) is 4.40. The van der Waals surface area contributed by atoms with E-state index < -0.39 is 15.7 Å². The van der Waals surface area contributed by atoms with Gasteiger partial charge >= 0.3 is 16.2 Å². The van der Waals surface area contributed by atoms with E-state index >= 15 is 0 Å². The average Bonchev–Trinajstić information content (AvgIpc) is 3.26. The number of nitrogens with zero attached hydrogens (tertiary/aromatic N) is 3. The highest BCUT2D eigenvalue weighted by Crippen LogP contribution is 2.31. The molecule has 188 valence electrons. The molecule has 1 aliphatic rings. The highest BCUT2D eigenvalue weighted by Gasteiger charge is 2.29. The summed E-state index contributed by atoms with van der Waals surface area (Å²) in [4.78, 5) is 26.2. The molecule has 1 amide bonds. The fourth-order valence-corrected chi connectivity index (χ4v) is 5.55. The van der Waals surface area contributed by atoms with Crippen molar-refractivity contribution in [3.8, 4) is 5.75 Å². The number of aromatic amines is 1. The predicted molar refractivity (Wildman–Crippen MR) is 135 cm³/mol. The van der Waals surface area contributed by atoms with Crippen molar-refractivity contribution in [3.05, 3.63) is 60.7 Å². The van der Waals surface area contributed by atoms with Gasteiger partial charge in [-0.25, -0.2) is 9.78 Å². The summed E-state index contributed by atoms with van der Waals surface area (Å²) in [5.74, 6) is 1.17. The lowest BCUT2D eigenvalue weighted by molar-refractivity contribution is 0.0203. The fraction of sp³-hybridized carbons (Fsp3) is 0.346. The standard InChI is InChI=1S/C26H28N4O5S/c1-26(2,3)34-25(31)30-13-10-17(11-14-30)24-28-21-8-7-19(15-22(21)29-24)35-36(32,33)23-6-4-5-18-16-27-12-9-20(18)23/h4-9,12,15-17H,10-11,13-14H2,1-3H3,(H,28,29). The highest BCUT2D eigenvalue weighted by atomic mass is 32.2. The molecule has 9 nitrogen and oxygen atoms in total. The molecule has 10 heteroatoms. The van der Waals surface area contributed by atoms with Crippen LogP contribution in [-0.4, -0.2) is 53.1 Å². The molecule has 36 heavy (non-hydrogen) atoms. The Kier molecular flexibility index (Phi) is 6.07. The van der Waals surface area contributed by atoms with Gasteiger partial charge in [-0.3, -0.25) is 4.98 Å². The summed E-state index contributed by atoms with van der Waals surface area (Å²) >= 11 is 0. The van der Waals surface area contributed by atoms with Crippen LogP contribution in [0.1, 0.15) is 45.4 Å². The van der Waals surface area contributed by atoms with Gasteiger partial charge in [0.25, 0.3) is 0 Å². The third kappa shape index (κ3) is 4.99. The number of hydrogen-bond acceptors (Lipinski definition) is 7. The van der Waals surface area contributed by atoms with Gasteiger partial charge in [0.2, 0.25) is 0 Å². The van der Waals surface area contributed by atoms with Gasteiger partial charge in [-0.2, -0.15) is 8.42 Å². The van der Waals surface area contributed by atoms with E-state index in [-0.39, 0.29) is 22.7 Å². The molecule has 1 aliphatic heterocycles. The van der Waals surface area contributed by atoms with Crippen LogP contribution in [0.4, 0.5) is 4.79 Å². The number of pyridine rings is 1. The zero-order valence-electron chi connectivity index (χ0n) is 20.4. The number of aromatic nitrogens is 3. The molecule has 1 N–H and O–H groups in total. The van der Waals surface area contributed by atoms with Crippen LogP contribution in [0.3, 0.4) is 0 Å². The molecule has 4 aromatic rings. The Labute approximate surface area is 209 Å². The van der Waals surface area contributed by atoms with Gasteiger partial charge in [-0.05, 0) is 57.9 Å². The van der Waals surface area contributed by atoms with E-state index in [1.165, 1.54) is 6.07 Å². The van der Waals surface area contributed by atoms with Gasteiger partial charge in [0.15, 0.2) is 0 Å². The summed E-state index contributed by atoms with van der Waals surface area (Å²) in [7, 11) is -4.06. The lowest BCUT2D eigenvalue weighted by atomic mass is 9.96. The van der Waals surface area contributed by atoms with Crippen molar-refractivity contribution in [2.45, 2.75) is 50.0 Å². The number of amides is 1. The largest absolute Gasteiger partial charge is 0.444 e. The summed E-state index contributed by atoms with van der Waals surface area (Å²) in [6.07, 6.45) is 4.39. The van der Waals surface area contributed by atoms with Crippen molar-refractivity contribution in [2.75, 3.05) is 13.1 Å². The quantitative estimate of drug-likeness (QED) is 0.386. The lowest BCUT2D eigenvalue weighted by Gasteiger charge is -2.32. The Bertz CT molecular complexity index is 1530. The second-order valence-electron chi connectivity index (χ2n) is 9.93. The number of carbonyl (C=O) groups is 1. The summed E-state index contributed by atoms with van der Waals surface area (Å²) in [6.45, 7) is 6.74. The topological polar surface area (TPSA) is 114 Å². The molecule has 0 bridgehead atoms. The number of ether oxygens (including phenoxy) is 1. The second-order valence-corrected chi connectivity index (χ2v) is 11.4. The third-order valence-corrected chi connectivity index (χ3v) is 7.43. The number of imidazole rings is 1. The molecule has 0 aliphatic carbocycles. The van der Waals surface area contributed by atoms with Crippen LogP contribution >= 0.6 is 0 Å². The zero-order chi connectivity index (χ0) is 25.5. The van der Waals surface area contributed by atoms with Crippen molar-refractivity contribution in [2.24, 2.45) is 0 Å². The third-order valence-electron chi connectivity index (χ3n) is 6.12. The normalized spacial score (nSPS) is 15.4. The zero-order valence-corrected chi connectivity index (χ0v) is 21.2. The van der Waals surface area contributed by atoms with E-state index in [4.69, 9.17) is 13.9 Å². The van der Waals surface area contributed by atoms with E-state index in [0.29, 0.717) is 29.4 Å². The van der Waals surface area contributed by atoms with Gasteiger partial charge in [0.1, 0.15) is 22.1 Å².